The lowest BCUT2D eigenvalue weighted by Crippen LogP contribution is -2.12. The van der Waals surface area contributed by atoms with E-state index in [-0.39, 0.29) is 11.2 Å². The smallest absolute Gasteiger partial charge is 0.196 e. The zero-order valence-electron chi connectivity index (χ0n) is 13.5. The van der Waals surface area contributed by atoms with E-state index in [2.05, 4.69) is 32.9 Å². The molecule has 0 amide bonds. The quantitative estimate of drug-likeness (QED) is 0.814. The maximum Gasteiger partial charge on any atom is 0.196 e. The van der Waals surface area contributed by atoms with Crippen LogP contribution >= 0.6 is 11.3 Å². The van der Waals surface area contributed by atoms with Crippen molar-refractivity contribution in [2.24, 2.45) is 0 Å². The predicted molar refractivity (Wildman–Crippen MR) is 93.9 cm³/mol. The van der Waals surface area contributed by atoms with Crippen molar-refractivity contribution in [3.05, 3.63) is 51.4 Å². The maximum absolute atomic E-state index is 12.9. The number of fused-ring (bicyclic) bond motifs is 1. The number of anilines is 1. The van der Waals surface area contributed by atoms with Crippen molar-refractivity contribution in [1.29, 1.82) is 0 Å². The van der Waals surface area contributed by atoms with E-state index in [1.165, 1.54) is 22.4 Å². The molecule has 0 spiro atoms. The van der Waals surface area contributed by atoms with Gasteiger partial charge in [0, 0.05) is 10.4 Å². The number of carbonyl (C=O) groups excluding carboxylic acids is 1. The van der Waals surface area contributed by atoms with Crippen LogP contribution in [0.3, 0.4) is 0 Å². The highest BCUT2D eigenvalue weighted by molar-refractivity contribution is 7.16. The summed E-state index contributed by atoms with van der Waals surface area (Å²) < 4.78 is 0. The van der Waals surface area contributed by atoms with Gasteiger partial charge in [0.05, 0.1) is 10.6 Å². The fourth-order valence-corrected chi connectivity index (χ4v) is 4.26. The van der Waals surface area contributed by atoms with Gasteiger partial charge < -0.3 is 5.73 Å². The molecule has 0 saturated heterocycles. The van der Waals surface area contributed by atoms with Crippen molar-refractivity contribution in [2.45, 2.75) is 51.9 Å². The van der Waals surface area contributed by atoms with Crippen molar-refractivity contribution in [3.63, 3.8) is 0 Å². The van der Waals surface area contributed by atoms with Crippen molar-refractivity contribution in [2.75, 3.05) is 5.73 Å². The molecule has 0 radical (unpaired) electrons. The van der Waals surface area contributed by atoms with Crippen molar-refractivity contribution in [3.8, 4) is 0 Å². The molecule has 2 aromatic rings. The summed E-state index contributed by atoms with van der Waals surface area (Å²) in [5.41, 5.74) is 10.2. The molecule has 1 aromatic carbocycles. The number of rotatable bonds is 2. The summed E-state index contributed by atoms with van der Waals surface area (Å²) in [7, 11) is 0. The van der Waals surface area contributed by atoms with Gasteiger partial charge in [-0.1, -0.05) is 45.0 Å². The van der Waals surface area contributed by atoms with Gasteiger partial charge in [-0.2, -0.15) is 0 Å². The summed E-state index contributed by atoms with van der Waals surface area (Å²) in [5.74, 6) is 0.0809. The van der Waals surface area contributed by atoms with Crippen LogP contribution < -0.4 is 5.73 Å². The Labute approximate surface area is 136 Å². The SMILES string of the molecule is CC(C)(C)c1ccc(C(=O)c2c(N)sc3c2CCCC3)cc1. The third kappa shape index (κ3) is 2.70. The second kappa shape index (κ2) is 5.54. The van der Waals surface area contributed by atoms with Crippen LogP contribution in [0.5, 0.6) is 0 Å². The van der Waals surface area contributed by atoms with Crippen LogP contribution in [0.2, 0.25) is 0 Å². The minimum Gasteiger partial charge on any atom is -0.390 e. The Morgan fingerprint density at radius 2 is 1.73 bits per heavy atom. The van der Waals surface area contributed by atoms with E-state index in [9.17, 15) is 4.79 Å². The summed E-state index contributed by atoms with van der Waals surface area (Å²) in [6.45, 7) is 6.53. The zero-order chi connectivity index (χ0) is 15.9. The van der Waals surface area contributed by atoms with Gasteiger partial charge in [0.2, 0.25) is 0 Å². The van der Waals surface area contributed by atoms with Crippen LogP contribution in [0.4, 0.5) is 5.00 Å². The van der Waals surface area contributed by atoms with E-state index < -0.39 is 0 Å². The number of nitrogen functional groups attached to an aromatic ring is 1. The Balaban J connectivity index is 1.96. The number of carbonyl (C=O) groups is 1. The van der Waals surface area contributed by atoms with Crippen molar-refractivity contribution in [1.82, 2.24) is 0 Å². The van der Waals surface area contributed by atoms with Crippen molar-refractivity contribution < 1.29 is 4.79 Å². The molecule has 0 saturated carbocycles. The third-order valence-corrected chi connectivity index (χ3v) is 5.56. The molecule has 22 heavy (non-hydrogen) atoms. The number of hydrogen-bond donors (Lipinski definition) is 1. The first kappa shape index (κ1) is 15.3. The van der Waals surface area contributed by atoms with Crippen LogP contribution in [-0.2, 0) is 18.3 Å². The van der Waals surface area contributed by atoms with Gasteiger partial charge in [-0.3, -0.25) is 4.79 Å². The fourth-order valence-electron chi connectivity index (χ4n) is 3.10. The number of benzene rings is 1. The molecule has 3 rings (SSSR count). The standard InChI is InChI=1S/C19H23NOS/c1-19(2,3)13-10-8-12(9-11-13)17(21)16-14-6-4-5-7-15(14)22-18(16)20/h8-11H,4-7,20H2,1-3H3. The summed E-state index contributed by atoms with van der Waals surface area (Å²) >= 11 is 1.60. The summed E-state index contributed by atoms with van der Waals surface area (Å²) in [6.07, 6.45) is 4.43. The molecule has 116 valence electrons. The highest BCUT2D eigenvalue weighted by atomic mass is 32.1. The van der Waals surface area contributed by atoms with Gasteiger partial charge in [-0.15, -0.1) is 11.3 Å². The number of hydrogen-bond acceptors (Lipinski definition) is 3. The lowest BCUT2D eigenvalue weighted by atomic mass is 9.86. The molecule has 0 unspecified atom stereocenters. The second-order valence-electron chi connectivity index (χ2n) is 7.11. The Kier molecular flexibility index (Phi) is 3.85. The van der Waals surface area contributed by atoms with E-state index in [0.29, 0.717) is 5.00 Å². The monoisotopic (exact) mass is 313 g/mol. The topological polar surface area (TPSA) is 43.1 Å². The largest absolute Gasteiger partial charge is 0.390 e. The Hall–Kier alpha value is -1.61. The van der Waals surface area contributed by atoms with E-state index >= 15 is 0 Å². The Bertz CT molecular complexity index is 704. The van der Waals surface area contributed by atoms with Crippen LogP contribution in [-0.4, -0.2) is 5.78 Å². The lowest BCUT2D eigenvalue weighted by molar-refractivity contribution is 0.103. The average Bonchev–Trinajstić information content (AvgIpc) is 2.81. The van der Waals surface area contributed by atoms with Gasteiger partial charge in [-0.05, 0) is 42.2 Å². The minimum absolute atomic E-state index is 0.0809. The molecular weight excluding hydrogens is 290 g/mol. The van der Waals surface area contributed by atoms with Crippen LogP contribution in [0.25, 0.3) is 0 Å². The van der Waals surface area contributed by atoms with Crippen LogP contribution in [0.1, 0.15) is 65.5 Å². The van der Waals surface area contributed by atoms with Gasteiger partial charge in [-0.25, -0.2) is 0 Å². The van der Waals surface area contributed by atoms with E-state index in [0.717, 1.165) is 30.4 Å². The predicted octanol–water partition coefficient (Wildman–Crippen LogP) is 4.74. The number of nitrogens with two attached hydrogens (primary N) is 1. The second-order valence-corrected chi connectivity index (χ2v) is 8.24. The average molecular weight is 313 g/mol. The fraction of sp³-hybridized carbons (Fsp3) is 0.421. The highest BCUT2D eigenvalue weighted by Crippen LogP contribution is 2.37. The molecule has 1 aromatic heterocycles. The van der Waals surface area contributed by atoms with Crippen molar-refractivity contribution >= 4 is 22.1 Å². The molecule has 1 heterocycles. The molecule has 2 N–H and O–H groups in total. The summed E-state index contributed by atoms with van der Waals surface area (Å²) in [5, 5.41) is 0.691. The van der Waals surface area contributed by atoms with E-state index in [1.54, 1.807) is 11.3 Å². The van der Waals surface area contributed by atoms with Gasteiger partial charge in [0.15, 0.2) is 5.78 Å². The molecule has 0 bridgehead atoms. The molecule has 0 aliphatic heterocycles. The lowest BCUT2D eigenvalue weighted by Gasteiger charge is -2.19. The molecule has 3 heteroatoms. The van der Waals surface area contributed by atoms with E-state index in [4.69, 9.17) is 5.73 Å². The molecule has 2 nitrogen and oxygen atoms in total. The molecule has 0 atom stereocenters. The number of ketones is 1. The highest BCUT2D eigenvalue weighted by Gasteiger charge is 2.25. The molecule has 1 aliphatic rings. The maximum atomic E-state index is 12.9. The van der Waals surface area contributed by atoms with Crippen LogP contribution in [0.15, 0.2) is 24.3 Å². The third-order valence-electron chi connectivity index (χ3n) is 4.44. The molecule has 1 aliphatic carbocycles. The van der Waals surface area contributed by atoms with Crippen LogP contribution in [0, 0.1) is 0 Å². The van der Waals surface area contributed by atoms with Gasteiger partial charge in [0.25, 0.3) is 0 Å². The first-order valence-electron chi connectivity index (χ1n) is 7.93. The minimum atomic E-state index is 0.0809. The van der Waals surface area contributed by atoms with E-state index in [1.807, 2.05) is 12.1 Å². The summed E-state index contributed by atoms with van der Waals surface area (Å²) in [6, 6.07) is 8.00. The zero-order valence-corrected chi connectivity index (χ0v) is 14.3. The number of thiophene rings is 1. The van der Waals surface area contributed by atoms with Gasteiger partial charge in [0.1, 0.15) is 0 Å². The summed E-state index contributed by atoms with van der Waals surface area (Å²) in [4.78, 5) is 14.2. The first-order chi connectivity index (χ1) is 10.4. The van der Waals surface area contributed by atoms with Gasteiger partial charge >= 0.3 is 0 Å². The molecular formula is C19H23NOS. The Morgan fingerprint density at radius 1 is 1.09 bits per heavy atom. The molecule has 0 fully saturated rings. The number of aryl methyl sites for hydroxylation is 1. The Morgan fingerprint density at radius 3 is 2.36 bits per heavy atom. The first-order valence-corrected chi connectivity index (χ1v) is 8.75. The normalized spacial score (nSPS) is 14.7.